The molecule has 1 N–H and O–H groups in total. The molecule has 0 saturated carbocycles. The van der Waals surface area contributed by atoms with E-state index in [1.54, 1.807) is 0 Å². The first-order chi connectivity index (χ1) is 9.88. The maximum Gasteiger partial charge on any atom is 0.0431 e. The molecule has 1 nitrogen and oxygen atoms in total. The molecule has 0 aliphatic carbocycles. The molecule has 1 heterocycles. The summed E-state index contributed by atoms with van der Waals surface area (Å²) in [6.07, 6.45) is 2.39. The van der Waals surface area contributed by atoms with E-state index in [0.717, 1.165) is 5.75 Å². The number of hydrogen-bond donors (Lipinski definition) is 1. The van der Waals surface area contributed by atoms with Gasteiger partial charge in [0.1, 0.15) is 0 Å². The van der Waals surface area contributed by atoms with Crippen molar-refractivity contribution in [2.45, 2.75) is 36.7 Å². The molecule has 2 aromatic rings. The standard InChI is InChI=1S/C18H21NS/c1-2-8-16(14-9-4-3-5-10-14)19-17-13-20-18-12-7-6-11-15(17)18/h3-7,9-12,16-17,19H,2,8,13H2,1H3. The fraction of sp³-hybridized carbons (Fsp3) is 0.333. The fourth-order valence-electron chi connectivity index (χ4n) is 2.86. The molecule has 0 fully saturated rings. The van der Waals surface area contributed by atoms with Crippen LogP contribution in [0.1, 0.15) is 43.0 Å². The Labute approximate surface area is 125 Å². The molecule has 1 aliphatic heterocycles. The second-order valence-corrected chi connectivity index (χ2v) is 6.38. The van der Waals surface area contributed by atoms with Gasteiger partial charge in [-0.2, -0.15) is 0 Å². The van der Waals surface area contributed by atoms with Crippen molar-refractivity contribution in [1.29, 1.82) is 0 Å². The summed E-state index contributed by atoms with van der Waals surface area (Å²) in [5.74, 6) is 1.15. The van der Waals surface area contributed by atoms with Crippen LogP contribution >= 0.6 is 11.8 Å². The lowest BCUT2D eigenvalue weighted by molar-refractivity contribution is 0.444. The van der Waals surface area contributed by atoms with E-state index in [9.17, 15) is 0 Å². The average molecular weight is 283 g/mol. The number of nitrogens with one attached hydrogen (secondary N) is 1. The molecule has 0 bridgehead atoms. The molecule has 2 heteroatoms. The van der Waals surface area contributed by atoms with Gasteiger partial charge in [0.15, 0.2) is 0 Å². The molecular formula is C18H21NS. The molecule has 3 rings (SSSR count). The van der Waals surface area contributed by atoms with Crippen molar-refractivity contribution in [2.24, 2.45) is 0 Å². The van der Waals surface area contributed by atoms with Gasteiger partial charge in [0.25, 0.3) is 0 Å². The number of thioether (sulfide) groups is 1. The zero-order valence-electron chi connectivity index (χ0n) is 11.9. The first-order valence-electron chi connectivity index (χ1n) is 7.41. The van der Waals surface area contributed by atoms with Gasteiger partial charge in [0.2, 0.25) is 0 Å². The third-order valence-electron chi connectivity index (χ3n) is 3.88. The van der Waals surface area contributed by atoms with Gasteiger partial charge in [-0.05, 0) is 23.6 Å². The van der Waals surface area contributed by atoms with E-state index >= 15 is 0 Å². The van der Waals surface area contributed by atoms with E-state index in [0.29, 0.717) is 12.1 Å². The van der Waals surface area contributed by atoms with E-state index in [1.165, 1.54) is 28.9 Å². The zero-order valence-corrected chi connectivity index (χ0v) is 12.7. The van der Waals surface area contributed by atoms with Gasteiger partial charge in [0, 0.05) is 22.7 Å². The molecule has 2 unspecified atom stereocenters. The molecule has 0 radical (unpaired) electrons. The highest BCUT2D eigenvalue weighted by Gasteiger charge is 2.25. The van der Waals surface area contributed by atoms with E-state index in [1.807, 2.05) is 11.8 Å². The van der Waals surface area contributed by atoms with Crippen LogP contribution in [0, 0.1) is 0 Å². The Bertz CT molecular complexity index is 552. The van der Waals surface area contributed by atoms with Gasteiger partial charge < -0.3 is 5.32 Å². The van der Waals surface area contributed by atoms with Crippen molar-refractivity contribution >= 4 is 11.8 Å². The van der Waals surface area contributed by atoms with Gasteiger partial charge in [0.05, 0.1) is 0 Å². The molecule has 0 saturated heterocycles. The van der Waals surface area contributed by atoms with Crippen molar-refractivity contribution in [2.75, 3.05) is 5.75 Å². The quantitative estimate of drug-likeness (QED) is 0.832. The van der Waals surface area contributed by atoms with E-state index in [2.05, 4.69) is 66.8 Å². The van der Waals surface area contributed by atoms with Crippen LogP contribution in [0.5, 0.6) is 0 Å². The zero-order chi connectivity index (χ0) is 13.8. The van der Waals surface area contributed by atoms with Gasteiger partial charge in [-0.3, -0.25) is 0 Å². The monoisotopic (exact) mass is 283 g/mol. The maximum absolute atomic E-state index is 3.87. The van der Waals surface area contributed by atoms with Crippen molar-refractivity contribution in [1.82, 2.24) is 5.32 Å². The molecular weight excluding hydrogens is 262 g/mol. The van der Waals surface area contributed by atoms with E-state index in [-0.39, 0.29) is 0 Å². The lowest BCUT2D eigenvalue weighted by atomic mass is 10.00. The second-order valence-electron chi connectivity index (χ2n) is 5.32. The number of hydrogen-bond acceptors (Lipinski definition) is 2. The summed E-state index contributed by atoms with van der Waals surface area (Å²) in [7, 11) is 0. The van der Waals surface area contributed by atoms with Gasteiger partial charge in [-0.1, -0.05) is 61.9 Å². The van der Waals surface area contributed by atoms with Crippen LogP contribution < -0.4 is 5.32 Å². The van der Waals surface area contributed by atoms with Crippen LogP contribution in [0.3, 0.4) is 0 Å². The number of rotatable bonds is 5. The highest BCUT2D eigenvalue weighted by Crippen LogP contribution is 2.39. The Morgan fingerprint density at radius 1 is 1.10 bits per heavy atom. The lowest BCUT2D eigenvalue weighted by Crippen LogP contribution is -2.26. The maximum atomic E-state index is 3.87. The molecule has 1 aliphatic rings. The van der Waals surface area contributed by atoms with Crippen LogP contribution in [0.2, 0.25) is 0 Å². The van der Waals surface area contributed by atoms with Gasteiger partial charge in [-0.15, -0.1) is 11.8 Å². The Hall–Kier alpha value is -1.25. The topological polar surface area (TPSA) is 12.0 Å². The number of benzene rings is 2. The minimum absolute atomic E-state index is 0.456. The van der Waals surface area contributed by atoms with Crippen LogP contribution in [-0.4, -0.2) is 5.75 Å². The van der Waals surface area contributed by atoms with E-state index < -0.39 is 0 Å². The molecule has 104 valence electrons. The van der Waals surface area contributed by atoms with E-state index in [4.69, 9.17) is 0 Å². The van der Waals surface area contributed by atoms with Crippen molar-refractivity contribution in [3.63, 3.8) is 0 Å². The number of fused-ring (bicyclic) bond motifs is 1. The Balaban J connectivity index is 1.78. The largest absolute Gasteiger partial charge is 0.302 e. The average Bonchev–Trinajstić information content (AvgIpc) is 2.91. The second kappa shape index (κ2) is 6.47. The molecule has 0 spiro atoms. The summed E-state index contributed by atoms with van der Waals surface area (Å²) < 4.78 is 0. The van der Waals surface area contributed by atoms with Gasteiger partial charge >= 0.3 is 0 Å². The smallest absolute Gasteiger partial charge is 0.0431 e. The summed E-state index contributed by atoms with van der Waals surface area (Å²) in [5.41, 5.74) is 2.87. The summed E-state index contributed by atoms with van der Waals surface area (Å²) >= 11 is 1.97. The normalized spacial score (nSPS) is 18.8. The summed E-state index contributed by atoms with van der Waals surface area (Å²) in [4.78, 5) is 1.44. The van der Waals surface area contributed by atoms with Crippen molar-refractivity contribution in [3.05, 3.63) is 65.7 Å². The van der Waals surface area contributed by atoms with Crippen molar-refractivity contribution < 1.29 is 0 Å². The molecule has 20 heavy (non-hydrogen) atoms. The Kier molecular flexibility index (Phi) is 4.44. The lowest BCUT2D eigenvalue weighted by Gasteiger charge is -2.23. The first kappa shape index (κ1) is 13.7. The van der Waals surface area contributed by atoms with Crippen LogP contribution in [-0.2, 0) is 0 Å². The minimum atomic E-state index is 0.456. The third kappa shape index (κ3) is 2.92. The Morgan fingerprint density at radius 3 is 2.65 bits per heavy atom. The third-order valence-corrected chi connectivity index (χ3v) is 5.06. The molecule has 0 amide bonds. The highest BCUT2D eigenvalue weighted by molar-refractivity contribution is 7.99. The van der Waals surface area contributed by atoms with Crippen molar-refractivity contribution in [3.8, 4) is 0 Å². The van der Waals surface area contributed by atoms with Crippen LogP contribution in [0.15, 0.2) is 59.5 Å². The fourth-order valence-corrected chi connectivity index (χ4v) is 4.04. The summed E-state index contributed by atoms with van der Waals surface area (Å²) in [5, 5.41) is 3.87. The van der Waals surface area contributed by atoms with Crippen LogP contribution in [0.4, 0.5) is 0 Å². The minimum Gasteiger partial charge on any atom is -0.302 e. The SMILES string of the molecule is CCCC(NC1CSc2ccccc21)c1ccccc1. The van der Waals surface area contributed by atoms with Crippen LogP contribution in [0.25, 0.3) is 0 Å². The van der Waals surface area contributed by atoms with Gasteiger partial charge in [-0.25, -0.2) is 0 Å². The predicted molar refractivity (Wildman–Crippen MR) is 87.1 cm³/mol. The first-order valence-corrected chi connectivity index (χ1v) is 8.39. The highest BCUT2D eigenvalue weighted by atomic mass is 32.2. The summed E-state index contributed by atoms with van der Waals surface area (Å²) in [6.45, 7) is 2.26. The predicted octanol–water partition coefficient (Wildman–Crippen LogP) is 4.96. The molecule has 2 atom stereocenters. The molecule has 0 aromatic heterocycles. The molecule has 2 aromatic carbocycles. The Morgan fingerprint density at radius 2 is 1.85 bits per heavy atom. The summed E-state index contributed by atoms with van der Waals surface area (Å²) in [6, 6.07) is 20.6.